The van der Waals surface area contributed by atoms with Gasteiger partial charge in [0.05, 0.1) is 19.9 Å². The molecule has 3 rings (SSSR count). The Kier molecular flexibility index (Phi) is 6.13. The van der Waals surface area contributed by atoms with Gasteiger partial charge < -0.3 is 24.3 Å². The molecule has 8 heteroatoms. The lowest BCUT2D eigenvalue weighted by Gasteiger charge is -2.18. The zero-order valence-electron chi connectivity index (χ0n) is 15.9. The molecule has 0 bridgehead atoms. The molecule has 1 aliphatic heterocycles. The van der Waals surface area contributed by atoms with E-state index in [9.17, 15) is 14.4 Å². The van der Waals surface area contributed by atoms with Crippen LogP contribution in [0, 0.1) is 0 Å². The van der Waals surface area contributed by atoms with Crippen molar-refractivity contribution in [3.05, 3.63) is 53.6 Å². The monoisotopic (exact) mass is 397 g/mol. The van der Waals surface area contributed by atoms with Crippen LogP contribution in [0.3, 0.4) is 0 Å². The molecular formula is C21H19NO7. The Labute approximate surface area is 167 Å². The van der Waals surface area contributed by atoms with Crippen molar-refractivity contribution < 1.29 is 33.3 Å². The number of carbonyl (C=O) groups is 3. The predicted octanol–water partition coefficient (Wildman–Crippen LogP) is 2.47. The van der Waals surface area contributed by atoms with Crippen molar-refractivity contribution in [2.24, 2.45) is 0 Å². The summed E-state index contributed by atoms with van der Waals surface area (Å²) < 4.78 is 20.7. The fraction of sp³-hybridized carbons (Fsp3) is 0.190. The summed E-state index contributed by atoms with van der Waals surface area (Å²) in [6.45, 7) is -0.506. The molecule has 0 saturated heterocycles. The number of anilines is 1. The molecule has 1 aliphatic rings. The Balaban J connectivity index is 1.61. The van der Waals surface area contributed by atoms with Crippen molar-refractivity contribution in [3.8, 4) is 17.2 Å². The van der Waals surface area contributed by atoms with Gasteiger partial charge >= 0.3 is 5.97 Å². The van der Waals surface area contributed by atoms with Gasteiger partial charge in [0.1, 0.15) is 5.75 Å². The summed E-state index contributed by atoms with van der Waals surface area (Å²) in [5.74, 6) is 0.0984. The van der Waals surface area contributed by atoms with Crippen LogP contribution in [0.5, 0.6) is 17.2 Å². The zero-order chi connectivity index (χ0) is 20.8. The number of rotatable bonds is 7. The third-order valence-electron chi connectivity index (χ3n) is 4.11. The number of ketones is 1. The van der Waals surface area contributed by atoms with Crippen LogP contribution in [0.25, 0.3) is 6.08 Å². The van der Waals surface area contributed by atoms with Gasteiger partial charge in [-0.2, -0.15) is 0 Å². The molecule has 0 fully saturated rings. The lowest BCUT2D eigenvalue weighted by atomic mass is 10.1. The molecule has 0 unspecified atom stereocenters. The van der Waals surface area contributed by atoms with Gasteiger partial charge in [0, 0.05) is 17.2 Å². The largest absolute Gasteiger partial charge is 0.493 e. The minimum atomic E-state index is -0.683. The maximum Gasteiger partial charge on any atom is 0.331 e. The number of benzene rings is 2. The van der Waals surface area contributed by atoms with Crippen LogP contribution in [0.1, 0.15) is 15.9 Å². The van der Waals surface area contributed by atoms with E-state index in [1.165, 1.54) is 32.4 Å². The average Bonchev–Trinajstić information content (AvgIpc) is 2.74. The number of fused-ring (bicyclic) bond motifs is 1. The maximum atomic E-state index is 12.3. The Morgan fingerprint density at radius 2 is 2.00 bits per heavy atom. The van der Waals surface area contributed by atoms with E-state index in [1.54, 1.807) is 30.3 Å². The number of methoxy groups -OCH3 is 2. The van der Waals surface area contributed by atoms with Crippen molar-refractivity contribution >= 4 is 29.4 Å². The lowest BCUT2D eigenvalue weighted by Crippen LogP contribution is -2.25. The number of ether oxygens (including phenoxy) is 4. The van der Waals surface area contributed by atoms with Gasteiger partial charge in [0.2, 0.25) is 0 Å². The van der Waals surface area contributed by atoms with Crippen molar-refractivity contribution in [1.29, 1.82) is 0 Å². The highest BCUT2D eigenvalue weighted by atomic mass is 16.5. The molecule has 0 aromatic heterocycles. The first kappa shape index (κ1) is 19.9. The third kappa shape index (κ3) is 4.73. The Morgan fingerprint density at radius 1 is 1.17 bits per heavy atom. The smallest absolute Gasteiger partial charge is 0.331 e. The van der Waals surface area contributed by atoms with E-state index in [-0.39, 0.29) is 12.5 Å². The van der Waals surface area contributed by atoms with Crippen LogP contribution in [-0.2, 0) is 14.3 Å². The number of nitrogens with one attached hydrogen (secondary N) is 1. The number of Topliss-reactive ketones (excluding diaryl/α,β-unsaturated/α-hetero) is 1. The van der Waals surface area contributed by atoms with E-state index in [0.717, 1.165) is 0 Å². The summed E-state index contributed by atoms with van der Waals surface area (Å²) in [6.07, 6.45) is 2.71. The minimum Gasteiger partial charge on any atom is -0.493 e. The number of hydrogen-bond acceptors (Lipinski definition) is 7. The third-order valence-corrected chi connectivity index (χ3v) is 4.11. The summed E-state index contributed by atoms with van der Waals surface area (Å²) in [4.78, 5) is 35.6. The first-order chi connectivity index (χ1) is 14.0. The molecule has 29 heavy (non-hydrogen) atoms. The molecule has 2 aromatic rings. The number of hydrogen-bond donors (Lipinski definition) is 1. The van der Waals surface area contributed by atoms with E-state index < -0.39 is 18.4 Å². The first-order valence-corrected chi connectivity index (χ1v) is 8.67. The van der Waals surface area contributed by atoms with Gasteiger partial charge in [-0.05, 0) is 30.3 Å². The van der Waals surface area contributed by atoms with Crippen molar-refractivity contribution in [1.82, 2.24) is 0 Å². The topological polar surface area (TPSA) is 100 Å². The molecule has 8 nitrogen and oxygen atoms in total. The maximum absolute atomic E-state index is 12.3. The van der Waals surface area contributed by atoms with E-state index in [0.29, 0.717) is 34.1 Å². The van der Waals surface area contributed by atoms with Crippen LogP contribution < -0.4 is 19.5 Å². The molecular weight excluding hydrogens is 378 g/mol. The summed E-state index contributed by atoms with van der Waals surface area (Å²) in [7, 11) is 3.02. The molecule has 150 valence electrons. The summed E-state index contributed by atoms with van der Waals surface area (Å²) in [5.41, 5.74) is 1.32. The van der Waals surface area contributed by atoms with E-state index >= 15 is 0 Å². The van der Waals surface area contributed by atoms with Crippen molar-refractivity contribution in [3.63, 3.8) is 0 Å². The summed E-state index contributed by atoms with van der Waals surface area (Å²) in [5, 5.41) is 2.62. The van der Waals surface area contributed by atoms with Gasteiger partial charge in [-0.3, -0.25) is 9.59 Å². The van der Waals surface area contributed by atoms with Crippen LogP contribution in [0.4, 0.5) is 5.69 Å². The Morgan fingerprint density at radius 3 is 2.76 bits per heavy atom. The van der Waals surface area contributed by atoms with Crippen molar-refractivity contribution in [2.75, 3.05) is 32.8 Å². The number of amides is 1. The van der Waals surface area contributed by atoms with Gasteiger partial charge in [-0.15, -0.1) is 0 Å². The second-order valence-corrected chi connectivity index (χ2v) is 5.99. The first-order valence-electron chi connectivity index (χ1n) is 8.67. The van der Waals surface area contributed by atoms with Gasteiger partial charge in [0.15, 0.2) is 30.5 Å². The number of carbonyl (C=O) groups excluding carboxylic acids is 3. The molecule has 1 N–H and O–H groups in total. The van der Waals surface area contributed by atoms with Gasteiger partial charge in [0.25, 0.3) is 5.91 Å². The molecule has 0 spiro atoms. The molecule has 1 amide bonds. The second-order valence-electron chi connectivity index (χ2n) is 5.99. The van der Waals surface area contributed by atoms with Crippen LogP contribution in [-0.4, -0.2) is 45.1 Å². The van der Waals surface area contributed by atoms with Crippen LogP contribution in [0.15, 0.2) is 42.5 Å². The normalized spacial score (nSPS) is 12.6. The highest BCUT2D eigenvalue weighted by Gasteiger charge is 2.18. The SMILES string of the molecule is COc1cccc(/C=C/C(=O)OCC(=O)c2ccc3c(c2)NC(=O)CO3)c1OC. The standard InChI is InChI=1S/C21H19NO7/c1-26-18-5-3-4-13(21(18)27-2)7-9-20(25)29-11-16(23)14-6-8-17-15(10-14)22-19(24)12-28-17/h3-10H,11-12H2,1-2H3,(H,22,24)/b9-7+. The second kappa shape index (κ2) is 8.92. The molecule has 0 atom stereocenters. The quantitative estimate of drug-likeness (QED) is 0.435. The fourth-order valence-corrected chi connectivity index (χ4v) is 2.73. The molecule has 0 aliphatic carbocycles. The number of para-hydroxylation sites is 1. The Bertz CT molecular complexity index is 981. The fourth-order valence-electron chi connectivity index (χ4n) is 2.73. The predicted molar refractivity (Wildman–Crippen MR) is 104 cm³/mol. The lowest BCUT2D eigenvalue weighted by molar-refractivity contribution is -0.136. The Hall–Kier alpha value is -3.81. The van der Waals surface area contributed by atoms with Crippen molar-refractivity contribution in [2.45, 2.75) is 0 Å². The van der Waals surface area contributed by atoms with E-state index in [4.69, 9.17) is 18.9 Å². The minimum absolute atomic E-state index is 0.0671. The molecule has 2 aromatic carbocycles. The van der Waals surface area contributed by atoms with Crippen LogP contribution in [0.2, 0.25) is 0 Å². The molecule has 0 saturated carbocycles. The molecule has 0 radical (unpaired) electrons. The van der Waals surface area contributed by atoms with Gasteiger partial charge in [-0.1, -0.05) is 12.1 Å². The molecule has 1 heterocycles. The van der Waals surface area contributed by atoms with E-state index in [1.807, 2.05) is 0 Å². The average molecular weight is 397 g/mol. The highest BCUT2D eigenvalue weighted by Crippen LogP contribution is 2.31. The summed E-state index contributed by atoms with van der Waals surface area (Å²) in [6, 6.07) is 9.86. The summed E-state index contributed by atoms with van der Waals surface area (Å²) >= 11 is 0. The van der Waals surface area contributed by atoms with E-state index in [2.05, 4.69) is 5.32 Å². The number of esters is 1. The zero-order valence-corrected chi connectivity index (χ0v) is 15.9. The van der Waals surface area contributed by atoms with Gasteiger partial charge in [-0.25, -0.2) is 4.79 Å². The van der Waals surface area contributed by atoms with Crippen LogP contribution >= 0.6 is 0 Å². The highest BCUT2D eigenvalue weighted by molar-refractivity contribution is 6.02.